The molecule has 1 aliphatic rings. The van der Waals surface area contributed by atoms with Gasteiger partial charge >= 0.3 is 0 Å². The van der Waals surface area contributed by atoms with Gasteiger partial charge in [-0.25, -0.2) is 0 Å². The van der Waals surface area contributed by atoms with E-state index in [1.165, 1.54) is 0 Å². The number of halogens is 2. The molecule has 0 saturated carbocycles. The van der Waals surface area contributed by atoms with Crippen LogP contribution >= 0.6 is 27.5 Å². The first-order valence-electron chi connectivity index (χ1n) is 6.81. The van der Waals surface area contributed by atoms with Crippen LogP contribution in [0.1, 0.15) is 22.0 Å². The van der Waals surface area contributed by atoms with E-state index in [1.54, 1.807) is 23.1 Å². The minimum atomic E-state index is -0.435. The summed E-state index contributed by atoms with van der Waals surface area (Å²) in [6, 6.07) is 12.2. The number of anilines is 1. The molecule has 1 amide bonds. The molecule has 0 spiro atoms. The fraction of sp³-hybridized carbons (Fsp3) is 0.188. The van der Waals surface area contributed by atoms with E-state index in [1.807, 2.05) is 24.3 Å². The molecule has 0 bridgehead atoms. The van der Waals surface area contributed by atoms with Gasteiger partial charge in [-0.15, -0.1) is 0 Å². The van der Waals surface area contributed by atoms with Gasteiger partial charge < -0.3 is 15.3 Å². The highest BCUT2D eigenvalue weighted by molar-refractivity contribution is 9.10. The molecular weight excluding hydrogens is 368 g/mol. The number of hydrogen-bond donors (Lipinski definition) is 2. The van der Waals surface area contributed by atoms with Crippen molar-refractivity contribution in [2.24, 2.45) is 0 Å². The van der Waals surface area contributed by atoms with Crippen LogP contribution in [0.15, 0.2) is 46.9 Å². The fourth-order valence-electron chi connectivity index (χ4n) is 2.60. The lowest BCUT2D eigenvalue weighted by molar-refractivity contribution is 0.0598. The first-order valence-corrected chi connectivity index (χ1v) is 7.98. The summed E-state index contributed by atoms with van der Waals surface area (Å²) in [5.74, 6) is -0.111. The molecule has 22 heavy (non-hydrogen) atoms. The summed E-state index contributed by atoms with van der Waals surface area (Å²) >= 11 is 9.41. The largest absolute Gasteiger partial charge is 0.394 e. The predicted molar refractivity (Wildman–Crippen MR) is 90.1 cm³/mol. The Morgan fingerprint density at radius 2 is 2.14 bits per heavy atom. The van der Waals surface area contributed by atoms with E-state index in [2.05, 4.69) is 21.2 Å². The fourth-order valence-corrected chi connectivity index (χ4v) is 3.16. The molecule has 0 aliphatic carbocycles. The molecule has 2 aromatic rings. The topological polar surface area (TPSA) is 52.6 Å². The van der Waals surface area contributed by atoms with Crippen molar-refractivity contribution < 1.29 is 9.90 Å². The van der Waals surface area contributed by atoms with Crippen LogP contribution in [0, 0.1) is 0 Å². The Balaban J connectivity index is 1.94. The zero-order chi connectivity index (χ0) is 15.7. The number of fused-ring (bicyclic) bond motifs is 1. The molecule has 1 aliphatic heterocycles. The third-order valence-electron chi connectivity index (χ3n) is 3.70. The van der Waals surface area contributed by atoms with E-state index in [0.717, 1.165) is 15.7 Å². The van der Waals surface area contributed by atoms with Crippen molar-refractivity contribution in [3.63, 3.8) is 0 Å². The normalized spacial score (nSPS) is 15.2. The molecule has 0 saturated heterocycles. The molecule has 0 aromatic heterocycles. The zero-order valence-corrected chi connectivity index (χ0v) is 13.9. The van der Waals surface area contributed by atoms with Gasteiger partial charge in [-0.2, -0.15) is 0 Å². The van der Waals surface area contributed by atoms with Gasteiger partial charge in [0.2, 0.25) is 0 Å². The number of amides is 1. The summed E-state index contributed by atoms with van der Waals surface area (Å²) in [4.78, 5) is 14.3. The van der Waals surface area contributed by atoms with Crippen molar-refractivity contribution in [3.8, 4) is 0 Å². The van der Waals surface area contributed by atoms with Crippen LogP contribution < -0.4 is 5.32 Å². The SMILES string of the molecule is O=C1c2ccc(Br)cc2NCN1[C@H](CO)c1cccc(Cl)c1. The summed E-state index contributed by atoms with van der Waals surface area (Å²) < 4.78 is 0.911. The molecule has 0 radical (unpaired) electrons. The number of aliphatic hydroxyl groups is 1. The van der Waals surface area contributed by atoms with Gasteiger partial charge in [0.05, 0.1) is 24.9 Å². The first-order chi connectivity index (χ1) is 10.6. The van der Waals surface area contributed by atoms with Crippen LogP contribution in [0.2, 0.25) is 5.02 Å². The third kappa shape index (κ3) is 2.84. The maximum Gasteiger partial charge on any atom is 0.257 e. The van der Waals surface area contributed by atoms with E-state index >= 15 is 0 Å². The predicted octanol–water partition coefficient (Wildman–Crippen LogP) is 3.66. The average Bonchev–Trinajstić information content (AvgIpc) is 2.50. The Bertz CT molecular complexity index is 723. The molecule has 3 rings (SSSR count). The number of hydrogen-bond acceptors (Lipinski definition) is 3. The van der Waals surface area contributed by atoms with E-state index in [4.69, 9.17) is 11.6 Å². The molecule has 2 N–H and O–H groups in total. The van der Waals surface area contributed by atoms with Crippen LogP contribution in [0.4, 0.5) is 5.69 Å². The summed E-state index contributed by atoms with van der Waals surface area (Å²) in [6.07, 6.45) is 0. The van der Waals surface area contributed by atoms with Crippen molar-refractivity contribution >= 4 is 39.1 Å². The van der Waals surface area contributed by atoms with Crippen molar-refractivity contribution in [1.82, 2.24) is 4.90 Å². The molecule has 1 heterocycles. The lowest BCUT2D eigenvalue weighted by Crippen LogP contribution is -2.43. The highest BCUT2D eigenvalue weighted by Crippen LogP contribution is 2.31. The molecule has 4 nitrogen and oxygen atoms in total. The van der Waals surface area contributed by atoms with Crippen LogP contribution in [-0.4, -0.2) is 29.2 Å². The highest BCUT2D eigenvalue weighted by Gasteiger charge is 2.30. The van der Waals surface area contributed by atoms with Crippen LogP contribution in [0.3, 0.4) is 0 Å². The van der Waals surface area contributed by atoms with Gasteiger partial charge in [0, 0.05) is 15.2 Å². The summed E-state index contributed by atoms with van der Waals surface area (Å²) in [5, 5.41) is 13.6. The van der Waals surface area contributed by atoms with E-state index in [0.29, 0.717) is 17.3 Å². The number of rotatable bonds is 3. The van der Waals surface area contributed by atoms with Crippen molar-refractivity contribution in [3.05, 3.63) is 63.1 Å². The average molecular weight is 382 g/mol. The maximum atomic E-state index is 12.7. The Morgan fingerprint density at radius 3 is 2.86 bits per heavy atom. The van der Waals surface area contributed by atoms with Gasteiger partial charge in [-0.3, -0.25) is 4.79 Å². The summed E-state index contributed by atoms with van der Waals surface area (Å²) in [7, 11) is 0. The number of carbonyl (C=O) groups is 1. The second-order valence-corrected chi connectivity index (χ2v) is 6.41. The van der Waals surface area contributed by atoms with Crippen LogP contribution in [0.25, 0.3) is 0 Å². The minimum absolute atomic E-state index is 0.111. The van der Waals surface area contributed by atoms with Gasteiger partial charge in [0.1, 0.15) is 0 Å². The summed E-state index contributed by atoms with van der Waals surface area (Å²) in [5.41, 5.74) is 2.19. The van der Waals surface area contributed by atoms with E-state index < -0.39 is 6.04 Å². The van der Waals surface area contributed by atoms with Crippen molar-refractivity contribution in [1.29, 1.82) is 0 Å². The molecule has 0 fully saturated rings. The Labute approximate surface area is 141 Å². The zero-order valence-electron chi connectivity index (χ0n) is 11.6. The second kappa shape index (κ2) is 6.28. The quantitative estimate of drug-likeness (QED) is 0.853. The Hall–Kier alpha value is -1.56. The van der Waals surface area contributed by atoms with Gasteiger partial charge in [0.25, 0.3) is 5.91 Å². The molecule has 1 atom stereocenters. The van der Waals surface area contributed by atoms with Crippen molar-refractivity contribution in [2.75, 3.05) is 18.6 Å². The number of nitrogens with one attached hydrogen (secondary N) is 1. The molecule has 114 valence electrons. The van der Waals surface area contributed by atoms with E-state index in [-0.39, 0.29) is 12.5 Å². The Morgan fingerprint density at radius 1 is 1.32 bits per heavy atom. The lowest BCUT2D eigenvalue weighted by atomic mass is 10.0. The minimum Gasteiger partial charge on any atom is -0.394 e. The maximum absolute atomic E-state index is 12.7. The standard InChI is InChI=1S/C16H14BrClN2O2/c17-11-4-5-13-14(7-11)19-9-20(16(13)22)15(8-21)10-2-1-3-12(18)6-10/h1-7,15,19,21H,8-9H2/t15-/m1/s1. The Kier molecular flexibility index (Phi) is 4.38. The molecule has 0 unspecified atom stereocenters. The third-order valence-corrected chi connectivity index (χ3v) is 4.42. The molecule has 2 aromatic carbocycles. The van der Waals surface area contributed by atoms with Gasteiger partial charge in [0.15, 0.2) is 0 Å². The van der Waals surface area contributed by atoms with Crippen LogP contribution in [0.5, 0.6) is 0 Å². The molecule has 6 heteroatoms. The monoisotopic (exact) mass is 380 g/mol. The number of aliphatic hydroxyl groups excluding tert-OH is 1. The second-order valence-electron chi connectivity index (χ2n) is 5.05. The smallest absolute Gasteiger partial charge is 0.257 e. The van der Waals surface area contributed by atoms with Crippen LogP contribution in [-0.2, 0) is 0 Å². The van der Waals surface area contributed by atoms with Gasteiger partial charge in [-0.05, 0) is 35.9 Å². The lowest BCUT2D eigenvalue weighted by Gasteiger charge is -2.35. The number of benzene rings is 2. The highest BCUT2D eigenvalue weighted by atomic mass is 79.9. The summed E-state index contributed by atoms with van der Waals surface area (Å²) in [6.45, 7) is 0.166. The van der Waals surface area contributed by atoms with Crippen molar-refractivity contribution in [2.45, 2.75) is 6.04 Å². The van der Waals surface area contributed by atoms with Gasteiger partial charge in [-0.1, -0.05) is 39.7 Å². The number of nitrogens with zero attached hydrogens (tertiary/aromatic N) is 1. The first kappa shape index (κ1) is 15.3. The van der Waals surface area contributed by atoms with E-state index in [9.17, 15) is 9.90 Å². The number of carbonyl (C=O) groups excluding carboxylic acids is 1. The molecular formula is C16H14BrClN2O2.